The van der Waals surface area contributed by atoms with Crippen molar-refractivity contribution in [3.63, 3.8) is 0 Å². The molecule has 34 heavy (non-hydrogen) atoms. The number of aryl methyl sites for hydroxylation is 1. The van der Waals surface area contributed by atoms with Gasteiger partial charge in [-0.25, -0.2) is 14.8 Å². The molecule has 0 saturated carbocycles. The van der Waals surface area contributed by atoms with E-state index < -0.39 is 11.4 Å². The number of Topliss-reactive ketones (excluding diaryl/α,β-unsaturated/α-hetero) is 1. The molecular weight excluding hydrogens is 460 g/mol. The summed E-state index contributed by atoms with van der Waals surface area (Å²) < 4.78 is 11.9. The van der Waals surface area contributed by atoms with Gasteiger partial charge in [-0.05, 0) is 18.6 Å². The van der Waals surface area contributed by atoms with Crippen molar-refractivity contribution < 1.29 is 24.2 Å². The number of hydrogen-bond acceptors (Lipinski definition) is 9. The zero-order valence-corrected chi connectivity index (χ0v) is 20.0. The Balaban J connectivity index is 1.63. The van der Waals surface area contributed by atoms with Gasteiger partial charge in [0.1, 0.15) is 17.2 Å². The van der Waals surface area contributed by atoms with Gasteiger partial charge in [-0.2, -0.15) is 0 Å². The van der Waals surface area contributed by atoms with Crippen LogP contribution in [0.4, 0.5) is 5.82 Å². The molecule has 1 aliphatic heterocycles. The van der Waals surface area contributed by atoms with E-state index in [4.69, 9.17) is 14.5 Å². The molecule has 0 radical (unpaired) electrons. The van der Waals surface area contributed by atoms with Crippen molar-refractivity contribution in [3.8, 4) is 5.13 Å². The maximum atomic E-state index is 12.9. The van der Waals surface area contributed by atoms with Gasteiger partial charge in [-0.15, -0.1) is 11.3 Å². The molecule has 1 saturated heterocycles. The highest BCUT2D eigenvalue weighted by molar-refractivity contribution is 7.12. The molecule has 0 spiro atoms. The third-order valence-electron chi connectivity index (χ3n) is 5.95. The van der Waals surface area contributed by atoms with Crippen LogP contribution in [-0.2, 0) is 14.3 Å². The van der Waals surface area contributed by atoms with E-state index in [9.17, 15) is 19.5 Å². The Morgan fingerprint density at radius 1 is 1.26 bits per heavy atom. The third-order valence-corrected chi connectivity index (χ3v) is 6.72. The summed E-state index contributed by atoms with van der Waals surface area (Å²) in [6.07, 6.45) is 3.27. The van der Waals surface area contributed by atoms with E-state index in [2.05, 4.69) is 4.98 Å². The molecule has 0 atom stereocenters. The van der Waals surface area contributed by atoms with Gasteiger partial charge in [-0.1, -0.05) is 0 Å². The van der Waals surface area contributed by atoms with Crippen LogP contribution in [0.5, 0.6) is 0 Å². The van der Waals surface area contributed by atoms with Crippen molar-refractivity contribution in [3.05, 3.63) is 45.2 Å². The SMILES string of the molecule is COCC(COC)CC(=O)C1CN(c2cc(C)c3c(=O)c(C(=O)O)cn(-c4nccs4)c3n2)C1. The van der Waals surface area contributed by atoms with Gasteiger partial charge in [0.25, 0.3) is 0 Å². The molecule has 0 aliphatic carbocycles. The van der Waals surface area contributed by atoms with Crippen LogP contribution in [0, 0.1) is 18.8 Å². The highest BCUT2D eigenvalue weighted by Gasteiger charge is 2.35. The monoisotopic (exact) mass is 486 g/mol. The molecule has 0 bridgehead atoms. The van der Waals surface area contributed by atoms with Crippen LogP contribution < -0.4 is 10.3 Å². The molecule has 180 valence electrons. The Morgan fingerprint density at radius 2 is 1.97 bits per heavy atom. The minimum absolute atomic E-state index is 0.0220. The number of nitrogens with zero attached hydrogens (tertiary/aromatic N) is 4. The minimum atomic E-state index is -1.30. The first kappa shape index (κ1) is 24.0. The van der Waals surface area contributed by atoms with Crippen molar-refractivity contribution >= 4 is 39.9 Å². The number of carbonyl (C=O) groups excluding carboxylic acids is 1. The van der Waals surface area contributed by atoms with Crippen molar-refractivity contribution in [2.75, 3.05) is 45.4 Å². The van der Waals surface area contributed by atoms with E-state index in [1.807, 2.05) is 4.90 Å². The van der Waals surface area contributed by atoms with Gasteiger partial charge >= 0.3 is 5.97 Å². The number of aromatic carboxylic acids is 1. The number of carbonyl (C=O) groups is 2. The summed E-state index contributed by atoms with van der Waals surface area (Å²) in [5.41, 5.74) is 0.0471. The smallest absolute Gasteiger partial charge is 0.341 e. The average molecular weight is 487 g/mol. The second-order valence-electron chi connectivity index (χ2n) is 8.41. The number of fused-ring (bicyclic) bond motifs is 1. The first-order valence-corrected chi connectivity index (χ1v) is 11.7. The first-order valence-electron chi connectivity index (χ1n) is 10.8. The van der Waals surface area contributed by atoms with Crippen LogP contribution in [-0.4, -0.2) is 71.9 Å². The number of carboxylic acid groups (broad SMARTS) is 1. The molecule has 3 aromatic rings. The maximum Gasteiger partial charge on any atom is 0.341 e. The van der Waals surface area contributed by atoms with E-state index in [0.29, 0.717) is 54.9 Å². The summed E-state index contributed by atoms with van der Waals surface area (Å²) in [6.45, 7) is 3.74. The Hall–Kier alpha value is -3.15. The fourth-order valence-electron chi connectivity index (χ4n) is 4.23. The topological polar surface area (TPSA) is 124 Å². The number of carboxylic acids is 1. The normalized spacial score (nSPS) is 14.1. The van der Waals surface area contributed by atoms with Crippen molar-refractivity contribution in [2.45, 2.75) is 13.3 Å². The van der Waals surface area contributed by atoms with Crippen LogP contribution in [0.25, 0.3) is 16.2 Å². The molecule has 3 aromatic heterocycles. The molecule has 0 amide bonds. The lowest BCUT2D eigenvalue weighted by Crippen LogP contribution is -2.51. The summed E-state index contributed by atoms with van der Waals surface area (Å²) >= 11 is 1.31. The number of anilines is 1. The number of thiazole rings is 1. The lowest BCUT2D eigenvalue weighted by atomic mass is 9.89. The van der Waals surface area contributed by atoms with Gasteiger partial charge in [-0.3, -0.25) is 14.2 Å². The van der Waals surface area contributed by atoms with Crippen LogP contribution in [0.3, 0.4) is 0 Å². The van der Waals surface area contributed by atoms with E-state index in [1.165, 1.54) is 17.5 Å². The minimum Gasteiger partial charge on any atom is -0.477 e. The Kier molecular flexibility index (Phi) is 7.05. The fourth-order valence-corrected chi connectivity index (χ4v) is 4.85. The molecule has 0 aromatic carbocycles. The molecule has 4 heterocycles. The van der Waals surface area contributed by atoms with Gasteiger partial charge in [0.15, 0.2) is 10.8 Å². The first-order chi connectivity index (χ1) is 16.3. The maximum absolute atomic E-state index is 12.9. The Morgan fingerprint density at radius 3 is 2.56 bits per heavy atom. The summed E-state index contributed by atoms with van der Waals surface area (Å²) in [6, 6.07) is 1.76. The summed E-state index contributed by atoms with van der Waals surface area (Å²) in [5.74, 6) is -0.589. The second-order valence-corrected chi connectivity index (χ2v) is 9.28. The molecule has 0 unspecified atom stereocenters. The lowest BCUT2D eigenvalue weighted by Gasteiger charge is -2.40. The number of pyridine rings is 2. The van der Waals surface area contributed by atoms with Crippen molar-refractivity contribution in [1.82, 2.24) is 14.5 Å². The predicted octanol–water partition coefficient (Wildman–Crippen LogP) is 2.15. The molecule has 11 heteroatoms. The van der Waals surface area contributed by atoms with E-state index in [-0.39, 0.29) is 28.6 Å². The van der Waals surface area contributed by atoms with Gasteiger partial charge in [0.2, 0.25) is 5.43 Å². The molecule has 1 aliphatic rings. The highest BCUT2D eigenvalue weighted by Crippen LogP contribution is 2.29. The second kappa shape index (κ2) is 10.00. The van der Waals surface area contributed by atoms with Gasteiger partial charge in [0.05, 0.1) is 24.5 Å². The van der Waals surface area contributed by atoms with Crippen LogP contribution in [0.15, 0.2) is 28.6 Å². The molecule has 10 nitrogen and oxygen atoms in total. The number of methoxy groups -OCH3 is 2. The highest BCUT2D eigenvalue weighted by atomic mass is 32.1. The van der Waals surface area contributed by atoms with E-state index in [1.54, 1.807) is 43.4 Å². The van der Waals surface area contributed by atoms with E-state index >= 15 is 0 Å². The van der Waals surface area contributed by atoms with Gasteiger partial charge in [0, 0.05) is 57.4 Å². The van der Waals surface area contributed by atoms with Crippen molar-refractivity contribution in [2.24, 2.45) is 11.8 Å². The van der Waals surface area contributed by atoms with Crippen LogP contribution >= 0.6 is 11.3 Å². The fraction of sp³-hybridized carbons (Fsp3) is 0.435. The van der Waals surface area contributed by atoms with Gasteiger partial charge < -0.3 is 19.5 Å². The standard InChI is InChI=1S/C23H26N4O6S/c1-13-6-18(26-8-15(9-26)17(28)7-14(11-32-2)12-33-3)25-21-19(13)20(29)16(22(30)31)10-27(21)23-24-4-5-34-23/h4-6,10,14-15H,7-9,11-12H2,1-3H3,(H,30,31). The van der Waals surface area contributed by atoms with Crippen molar-refractivity contribution in [1.29, 1.82) is 0 Å². The number of rotatable bonds is 10. The number of ketones is 1. The Bertz CT molecular complexity index is 1260. The molecule has 1 N–H and O–H groups in total. The number of ether oxygens (including phenoxy) is 2. The largest absolute Gasteiger partial charge is 0.477 e. The van der Waals surface area contributed by atoms with Crippen LogP contribution in [0.2, 0.25) is 0 Å². The summed E-state index contributed by atoms with van der Waals surface area (Å²) in [7, 11) is 3.22. The molecule has 4 rings (SSSR count). The average Bonchev–Trinajstić information content (AvgIpc) is 3.27. The number of hydrogen-bond donors (Lipinski definition) is 1. The van der Waals surface area contributed by atoms with E-state index in [0.717, 1.165) is 0 Å². The summed E-state index contributed by atoms with van der Waals surface area (Å²) in [5, 5.41) is 12.1. The molecular formula is C23H26N4O6S. The quantitative estimate of drug-likeness (QED) is 0.459. The summed E-state index contributed by atoms with van der Waals surface area (Å²) in [4.78, 5) is 48.3. The zero-order valence-electron chi connectivity index (χ0n) is 19.2. The number of aromatic nitrogens is 3. The molecule has 1 fully saturated rings. The lowest BCUT2D eigenvalue weighted by molar-refractivity contribution is -0.125. The van der Waals surface area contributed by atoms with Crippen LogP contribution in [0.1, 0.15) is 22.3 Å². The Labute approximate surface area is 199 Å². The zero-order chi connectivity index (χ0) is 24.4. The third kappa shape index (κ3) is 4.59. The predicted molar refractivity (Wildman–Crippen MR) is 127 cm³/mol.